The van der Waals surface area contributed by atoms with Crippen LogP contribution in [0.2, 0.25) is 5.02 Å². The maximum Gasteiger partial charge on any atom is 0.341 e. The highest BCUT2D eigenvalue weighted by molar-refractivity contribution is 7.89. The molecule has 25 heavy (non-hydrogen) atoms. The highest BCUT2D eigenvalue weighted by Gasteiger charge is 2.20. The molecule has 0 aliphatic rings. The summed E-state index contributed by atoms with van der Waals surface area (Å²) in [5.74, 6) is -0.796. The van der Waals surface area contributed by atoms with Crippen LogP contribution in [-0.2, 0) is 14.8 Å². The van der Waals surface area contributed by atoms with Crippen molar-refractivity contribution < 1.29 is 23.1 Å². The van der Waals surface area contributed by atoms with Gasteiger partial charge >= 0.3 is 5.97 Å². The van der Waals surface area contributed by atoms with Gasteiger partial charge in [-0.2, -0.15) is 0 Å². The zero-order valence-electron chi connectivity index (χ0n) is 14.0. The number of hydrogen-bond donors (Lipinski definition) is 1. The number of carboxylic acids is 1. The van der Waals surface area contributed by atoms with Crippen LogP contribution < -0.4 is 4.74 Å². The third-order valence-corrected chi connectivity index (χ3v) is 5.62. The lowest BCUT2D eigenvalue weighted by atomic mass is 10.00. The predicted molar refractivity (Wildman–Crippen MR) is 95.6 cm³/mol. The Kier molecular flexibility index (Phi) is 5.72. The molecule has 0 fully saturated rings. The van der Waals surface area contributed by atoms with Crippen LogP contribution in [0.25, 0.3) is 11.1 Å². The molecular weight excluding hydrogens is 366 g/mol. The van der Waals surface area contributed by atoms with E-state index >= 15 is 0 Å². The van der Waals surface area contributed by atoms with Crippen LogP contribution in [0.1, 0.15) is 5.56 Å². The first kappa shape index (κ1) is 19.2. The van der Waals surface area contributed by atoms with Gasteiger partial charge in [0.2, 0.25) is 10.0 Å². The molecule has 134 valence electrons. The van der Waals surface area contributed by atoms with Crippen molar-refractivity contribution in [1.29, 1.82) is 0 Å². The van der Waals surface area contributed by atoms with Crippen molar-refractivity contribution in [3.05, 3.63) is 47.0 Å². The standard InChI is InChI=1S/C17H18ClNO5S/c1-11-4-6-13(25(22,23)19(2)3)9-14(11)15-8-12(18)5-7-16(15)24-10-17(20)21/h4-9H,10H2,1-3H3,(H,20,21). The van der Waals surface area contributed by atoms with Crippen LogP contribution in [0.4, 0.5) is 0 Å². The lowest BCUT2D eigenvalue weighted by molar-refractivity contribution is -0.139. The SMILES string of the molecule is Cc1ccc(S(=O)(=O)N(C)C)cc1-c1cc(Cl)ccc1OCC(=O)O. The molecule has 0 unspecified atom stereocenters. The molecule has 8 heteroatoms. The Morgan fingerprint density at radius 3 is 2.44 bits per heavy atom. The van der Waals surface area contributed by atoms with Gasteiger partial charge in [-0.05, 0) is 48.4 Å². The molecule has 0 aromatic heterocycles. The molecule has 0 saturated heterocycles. The molecule has 0 heterocycles. The van der Waals surface area contributed by atoms with Crippen LogP contribution in [0, 0.1) is 6.92 Å². The fourth-order valence-electron chi connectivity index (χ4n) is 2.24. The van der Waals surface area contributed by atoms with E-state index in [0.717, 1.165) is 9.87 Å². The number of sulfonamides is 1. The van der Waals surface area contributed by atoms with Crippen molar-refractivity contribution in [1.82, 2.24) is 4.31 Å². The van der Waals surface area contributed by atoms with E-state index in [-0.39, 0.29) is 4.90 Å². The van der Waals surface area contributed by atoms with Crippen LogP contribution in [0.15, 0.2) is 41.3 Å². The van der Waals surface area contributed by atoms with E-state index in [1.807, 2.05) is 6.92 Å². The second-order valence-corrected chi connectivity index (χ2v) is 8.18. The number of aryl methyl sites for hydroxylation is 1. The topological polar surface area (TPSA) is 83.9 Å². The second-order valence-electron chi connectivity index (χ2n) is 5.59. The van der Waals surface area contributed by atoms with E-state index in [9.17, 15) is 13.2 Å². The van der Waals surface area contributed by atoms with E-state index in [1.54, 1.807) is 24.3 Å². The third-order valence-electron chi connectivity index (χ3n) is 3.57. The maximum absolute atomic E-state index is 12.4. The summed E-state index contributed by atoms with van der Waals surface area (Å²) in [5.41, 5.74) is 1.94. The van der Waals surface area contributed by atoms with Gasteiger partial charge in [0.05, 0.1) is 4.90 Å². The van der Waals surface area contributed by atoms with Crippen molar-refractivity contribution in [2.75, 3.05) is 20.7 Å². The summed E-state index contributed by atoms with van der Waals surface area (Å²) < 4.78 is 31.2. The van der Waals surface area contributed by atoms with E-state index in [0.29, 0.717) is 21.9 Å². The Bertz CT molecular complexity index is 909. The van der Waals surface area contributed by atoms with Crippen LogP contribution in [-0.4, -0.2) is 44.5 Å². The van der Waals surface area contributed by atoms with Gasteiger partial charge in [0.1, 0.15) is 5.75 Å². The molecule has 0 spiro atoms. The monoisotopic (exact) mass is 383 g/mol. The summed E-state index contributed by atoms with van der Waals surface area (Å²) in [7, 11) is -0.699. The second kappa shape index (κ2) is 7.43. The summed E-state index contributed by atoms with van der Waals surface area (Å²) >= 11 is 6.06. The van der Waals surface area contributed by atoms with Gasteiger partial charge in [0.15, 0.2) is 6.61 Å². The summed E-state index contributed by atoms with van der Waals surface area (Å²) in [5, 5.41) is 9.25. The van der Waals surface area contributed by atoms with Gasteiger partial charge in [-0.15, -0.1) is 0 Å². The number of halogens is 1. The molecule has 2 aromatic carbocycles. The Balaban J connectivity index is 2.62. The first-order valence-electron chi connectivity index (χ1n) is 7.30. The molecule has 0 amide bonds. The summed E-state index contributed by atoms with van der Waals surface area (Å²) in [4.78, 5) is 10.9. The number of carboxylic acid groups (broad SMARTS) is 1. The summed E-state index contributed by atoms with van der Waals surface area (Å²) in [6.45, 7) is 1.31. The maximum atomic E-state index is 12.4. The molecular formula is C17H18ClNO5S. The van der Waals surface area contributed by atoms with Crippen molar-refractivity contribution in [3.8, 4) is 16.9 Å². The Labute approximate surface area is 151 Å². The zero-order valence-corrected chi connectivity index (χ0v) is 15.6. The molecule has 0 aliphatic carbocycles. The van der Waals surface area contributed by atoms with Gasteiger partial charge in [0.25, 0.3) is 0 Å². The number of carbonyl (C=O) groups is 1. The van der Waals surface area contributed by atoms with Gasteiger partial charge in [-0.25, -0.2) is 17.5 Å². The average Bonchev–Trinajstić information content (AvgIpc) is 2.53. The quantitative estimate of drug-likeness (QED) is 0.828. The Hall–Kier alpha value is -2.09. The lowest BCUT2D eigenvalue weighted by Crippen LogP contribution is -2.22. The van der Waals surface area contributed by atoms with Crippen molar-refractivity contribution in [2.24, 2.45) is 0 Å². The number of benzene rings is 2. The number of hydrogen-bond acceptors (Lipinski definition) is 4. The highest BCUT2D eigenvalue weighted by atomic mass is 35.5. The molecule has 6 nitrogen and oxygen atoms in total. The van der Waals surface area contributed by atoms with Crippen LogP contribution in [0.5, 0.6) is 5.75 Å². The molecule has 0 atom stereocenters. The van der Waals surface area contributed by atoms with Crippen molar-refractivity contribution in [3.63, 3.8) is 0 Å². The predicted octanol–water partition coefficient (Wildman–Crippen LogP) is 3.03. The minimum absolute atomic E-state index is 0.127. The summed E-state index contributed by atoms with van der Waals surface area (Å²) in [6.07, 6.45) is 0. The number of aliphatic carboxylic acids is 1. The Morgan fingerprint density at radius 2 is 1.84 bits per heavy atom. The third kappa shape index (κ3) is 4.31. The normalized spacial score (nSPS) is 11.6. The zero-order chi connectivity index (χ0) is 18.8. The number of ether oxygens (including phenoxy) is 1. The van der Waals surface area contributed by atoms with E-state index < -0.39 is 22.6 Å². The molecule has 1 N–H and O–H groups in total. The largest absolute Gasteiger partial charge is 0.481 e. The van der Waals surface area contributed by atoms with Gasteiger partial charge in [-0.1, -0.05) is 17.7 Å². The van der Waals surface area contributed by atoms with Gasteiger partial charge in [-0.3, -0.25) is 0 Å². The molecule has 2 aromatic rings. The first-order chi connectivity index (χ1) is 11.6. The van der Waals surface area contributed by atoms with Crippen molar-refractivity contribution in [2.45, 2.75) is 11.8 Å². The highest BCUT2D eigenvalue weighted by Crippen LogP contribution is 2.36. The summed E-state index contributed by atoms with van der Waals surface area (Å²) in [6, 6.07) is 9.51. The van der Waals surface area contributed by atoms with Gasteiger partial charge in [0, 0.05) is 24.7 Å². The minimum Gasteiger partial charge on any atom is -0.481 e. The molecule has 2 rings (SSSR count). The Morgan fingerprint density at radius 1 is 1.16 bits per heavy atom. The van der Waals surface area contributed by atoms with E-state index in [2.05, 4.69) is 0 Å². The van der Waals surface area contributed by atoms with Crippen LogP contribution >= 0.6 is 11.6 Å². The average molecular weight is 384 g/mol. The van der Waals surface area contributed by atoms with Crippen molar-refractivity contribution >= 4 is 27.6 Å². The first-order valence-corrected chi connectivity index (χ1v) is 9.12. The van der Waals surface area contributed by atoms with Gasteiger partial charge < -0.3 is 9.84 Å². The lowest BCUT2D eigenvalue weighted by Gasteiger charge is -2.16. The molecule has 0 radical (unpaired) electrons. The fraction of sp³-hybridized carbons (Fsp3) is 0.235. The number of nitrogens with zero attached hydrogens (tertiary/aromatic N) is 1. The fourth-order valence-corrected chi connectivity index (χ4v) is 3.34. The molecule has 0 aliphatic heterocycles. The smallest absolute Gasteiger partial charge is 0.341 e. The number of rotatable bonds is 6. The van der Waals surface area contributed by atoms with Crippen LogP contribution in [0.3, 0.4) is 0 Å². The molecule has 0 saturated carbocycles. The minimum atomic E-state index is -3.61. The van der Waals surface area contributed by atoms with E-state index in [1.165, 1.54) is 26.2 Å². The molecule has 0 bridgehead atoms. The van der Waals surface area contributed by atoms with E-state index in [4.69, 9.17) is 21.4 Å².